The summed E-state index contributed by atoms with van der Waals surface area (Å²) in [5.74, 6) is 0.529. The number of benzene rings is 1. The fraction of sp³-hybridized carbons (Fsp3) is 0.462. The van der Waals surface area contributed by atoms with Crippen LogP contribution in [0.4, 0.5) is 5.69 Å². The van der Waals surface area contributed by atoms with Crippen LogP contribution in [0.1, 0.15) is 0 Å². The van der Waals surface area contributed by atoms with Gasteiger partial charge >= 0.3 is 0 Å². The molecule has 6 nitrogen and oxygen atoms in total. The number of anilines is 1. The lowest BCUT2D eigenvalue weighted by Gasteiger charge is -2.31. The number of hydrazine groups is 1. The monoisotopic (exact) mass is 296 g/mol. The van der Waals surface area contributed by atoms with Gasteiger partial charge in [0.15, 0.2) is 6.10 Å². The number of carbonyl (C=O) groups is 1. The van der Waals surface area contributed by atoms with Crippen LogP contribution in [0.5, 0.6) is 5.75 Å². The SMILES string of the molecule is O=C(NN1CCNCC1)C1CNc2cc(Cl)ccc2O1. The van der Waals surface area contributed by atoms with E-state index in [1.165, 1.54) is 0 Å². The van der Waals surface area contributed by atoms with E-state index in [-0.39, 0.29) is 5.91 Å². The Balaban J connectivity index is 1.61. The molecule has 7 heteroatoms. The van der Waals surface area contributed by atoms with Gasteiger partial charge in [-0.2, -0.15) is 0 Å². The van der Waals surface area contributed by atoms with Crippen LogP contribution >= 0.6 is 11.6 Å². The minimum absolute atomic E-state index is 0.125. The molecular weight excluding hydrogens is 280 g/mol. The van der Waals surface area contributed by atoms with Gasteiger partial charge in [-0.25, -0.2) is 5.01 Å². The van der Waals surface area contributed by atoms with Gasteiger partial charge in [-0.05, 0) is 18.2 Å². The number of nitrogens with zero attached hydrogens (tertiary/aromatic N) is 1. The fourth-order valence-electron chi connectivity index (χ4n) is 2.29. The first-order valence-electron chi connectivity index (χ1n) is 6.68. The van der Waals surface area contributed by atoms with E-state index < -0.39 is 6.10 Å². The Bertz CT molecular complexity index is 505. The van der Waals surface area contributed by atoms with E-state index in [0.29, 0.717) is 17.3 Å². The highest BCUT2D eigenvalue weighted by Crippen LogP contribution is 2.31. The van der Waals surface area contributed by atoms with Gasteiger partial charge in [0.25, 0.3) is 5.91 Å². The zero-order valence-corrected chi connectivity index (χ0v) is 11.7. The summed E-state index contributed by atoms with van der Waals surface area (Å²) in [6.07, 6.45) is -0.529. The number of amides is 1. The number of rotatable bonds is 2. The molecule has 2 heterocycles. The van der Waals surface area contributed by atoms with Crippen molar-refractivity contribution < 1.29 is 9.53 Å². The molecule has 0 saturated carbocycles. The van der Waals surface area contributed by atoms with E-state index in [2.05, 4.69) is 16.1 Å². The Kier molecular flexibility index (Phi) is 3.95. The third kappa shape index (κ3) is 2.98. The van der Waals surface area contributed by atoms with Gasteiger partial charge in [0, 0.05) is 31.2 Å². The van der Waals surface area contributed by atoms with Crippen LogP contribution < -0.4 is 20.8 Å². The number of carbonyl (C=O) groups excluding carboxylic acids is 1. The molecule has 20 heavy (non-hydrogen) atoms. The molecule has 108 valence electrons. The highest BCUT2D eigenvalue weighted by atomic mass is 35.5. The summed E-state index contributed by atoms with van der Waals surface area (Å²) in [4.78, 5) is 12.2. The third-order valence-corrected chi connectivity index (χ3v) is 3.60. The van der Waals surface area contributed by atoms with Crippen molar-refractivity contribution in [3.63, 3.8) is 0 Å². The third-order valence-electron chi connectivity index (χ3n) is 3.37. The van der Waals surface area contributed by atoms with Crippen LogP contribution in [-0.4, -0.2) is 49.7 Å². The predicted octanol–water partition coefficient (Wildman–Crippen LogP) is 0.449. The smallest absolute Gasteiger partial charge is 0.277 e. The van der Waals surface area contributed by atoms with Crippen LogP contribution in [0.2, 0.25) is 5.02 Å². The van der Waals surface area contributed by atoms with Gasteiger partial charge in [0.05, 0.1) is 12.2 Å². The van der Waals surface area contributed by atoms with Crippen LogP contribution in [-0.2, 0) is 4.79 Å². The molecule has 2 aliphatic heterocycles. The standard InChI is InChI=1S/C13H17ClN4O2/c14-9-1-2-11-10(7-9)16-8-12(20-11)13(19)17-18-5-3-15-4-6-18/h1-2,7,12,15-16H,3-6,8H2,(H,17,19). The molecule has 1 aromatic rings. The number of hydrogen-bond acceptors (Lipinski definition) is 5. The molecule has 3 rings (SSSR count). The first-order valence-corrected chi connectivity index (χ1v) is 7.06. The van der Waals surface area contributed by atoms with Crippen molar-refractivity contribution in [1.29, 1.82) is 0 Å². The maximum Gasteiger partial charge on any atom is 0.277 e. The number of fused-ring (bicyclic) bond motifs is 1. The zero-order chi connectivity index (χ0) is 13.9. The first-order chi connectivity index (χ1) is 9.72. The molecule has 0 spiro atoms. The summed E-state index contributed by atoms with van der Waals surface area (Å²) in [7, 11) is 0. The highest BCUT2D eigenvalue weighted by molar-refractivity contribution is 6.30. The number of piperazine rings is 1. The number of halogens is 1. The number of nitrogens with one attached hydrogen (secondary N) is 3. The van der Waals surface area contributed by atoms with E-state index in [0.717, 1.165) is 31.9 Å². The maximum atomic E-state index is 12.2. The van der Waals surface area contributed by atoms with E-state index in [1.807, 2.05) is 5.01 Å². The molecular formula is C13H17ClN4O2. The molecule has 0 aromatic heterocycles. The minimum atomic E-state index is -0.529. The molecule has 1 fully saturated rings. The predicted molar refractivity (Wildman–Crippen MR) is 76.9 cm³/mol. The lowest BCUT2D eigenvalue weighted by atomic mass is 10.2. The first kappa shape index (κ1) is 13.5. The van der Waals surface area contributed by atoms with Gasteiger partial charge in [-0.15, -0.1) is 0 Å². The van der Waals surface area contributed by atoms with Crippen LogP contribution in [0.25, 0.3) is 0 Å². The highest BCUT2D eigenvalue weighted by Gasteiger charge is 2.27. The second kappa shape index (κ2) is 5.87. The second-order valence-corrected chi connectivity index (χ2v) is 5.28. The van der Waals surface area contributed by atoms with Crippen molar-refractivity contribution in [1.82, 2.24) is 15.8 Å². The van der Waals surface area contributed by atoms with Crippen molar-refractivity contribution in [3.8, 4) is 5.75 Å². The molecule has 1 aromatic carbocycles. The minimum Gasteiger partial charge on any atom is -0.476 e. The van der Waals surface area contributed by atoms with Gasteiger partial charge in [-0.1, -0.05) is 11.6 Å². The van der Waals surface area contributed by atoms with Crippen LogP contribution in [0, 0.1) is 0 Å². The summed E-state index contributed by atoms with van der Waals surface area (Å²) in [6.45, 7) is 3.80. The van der Waals surface area contributed by atoms with Crippen molar-refractivity contribution in [2.75, 3.05) is 38.0 Å². The van der Waals surface area contributed by atoms with E-state index in [4.69, 9.17) is 16.3 Å². The Morgan fingerprint density at radius 2 is 2.20 bits per heavy atom. The van der Waals surface area contributed by atoms with Gasteiger partial charge in [-0.3, -0.25) is 10.2 Å². The van der Waals surface area contributed by atoms with E-state index in [9.17, 15) is 4.79 Å². The van der Waals surface area contributed by atoms with Crippen molar-refractivity contribution >= 4 is 23.2 Å². The number of ether oxygens (including phenoxy) is 1. The van der Waals surface area contributed by atoms with Crippen molar-refractivity contribution in [2.24, 2.45) is 0 Å². The van der Waals surface area contributed by atoms with Crippen molar-refractivity contribution in [3.05, 3.63) is 23.2 Å². The largest absolute Gasteiger partial charge is 0.476 e. The average Bonchev–Trinajstić information content (AvgIpc) is 2.47. The average molecular weight is 297 g/mol. The quantitative estimate of drug-likeness (QED) is 0.739. The molecule has 1 amide bonds. The van der Waals surface area contributed by atoms with E-state index >= 15 is 0 Å². The molecule has 1 saturated heterocycles. The molecule has 0 radical (unpaired) electrons. The summed E-state index contributed by atoms with van der Waals surface area (Å²) in [5, 5.41) is 8.97. The van der Waals surface area contributed by atoms with Crippen LogP contribution in [0.3, 0.4) is 0 Å². The summed E-state index contributed by atoms with van der Waals surface area (Å²) < 4.78 is 5.71. The van der Waals surface area contributed by atoms with Crippen molar-refractivity contribution in [2.45, 2.75) is 6.10 Å². The lowest BCUT2D eigenvalue weighted by Crippen LogP contribution is -2.56. The topological polar surface area (TPSA) is 65.6 Å². The van der Waals surface area contributed by atoms with Gasteiger partial charge in [0.2, 0.25) is 0 Å². The maximum absolute atomic E-state index is 12.2. The molecule has 1 unspecified atom stereocenters. The van der Waals surface area contributed by atoms with E-state index in [1.54, 1.807) is 18.2 Å². The summed E-state index contributed by atoms with van der Waals surface area (Å²) >= 11 is 5.92. The molecule has 0 aliphatic carbocycles. The Morgan fingerprint density at radius 1 is 1.40 bits per heavy atom. The van der Waals surface area contributed by atoms with Crippen LogP contribution in [0.15, 0.2) is 18.2 Å². The summed E-state index contributed by atoms with van der Waals surface area (Å²) in [5.41, 5.74) is 3.72. The molecule has 0 bridgehead atoms. The summed E-state index contributed by atoms with van der Waals surface area (Å²) in [6, 6.07) is 5.31. The molecule has 3 N–H and O–H groups in total. The zero-order valence-electron chi connectivity index (χ0n) is 11.0. The second-order valence-electron chi connectivity index (χ2n) is 4.84. The Morgan fingerprint density at radius 3 is 3.00 bits per heavy atom. The molecule has 2 aliphatic rings. The Labute approximate surface area is 122 Å². The Hall–Kier alpha value is -1.50. The van der Waals surface area contributed by atoms with Gasteiger partial charge < -0.3 is 15.4 Å². The fourth-order valence-corrected chi connectivity index (χ4v) is 2.46. The molecule has 1 atom stereocenters. The lowest BCUT2D eigenvalue weighted by molar-refractivity contribution is -0.132. The normalized spacial score (nSPS) is 22.4. The van der Waals surface area contributed by atoms with Gasteiger partial charge in [0.1, 0.15) is 5.75 Å². The number of hydrogen-bond donors (Lipinski definition) is 3.